The Kier molecular flexibility index (Phi) is 7.91. The molecule has 0 aliphatic rings. The van der Waals surface area contributed by atoms with Crippen molar-refractivity contribution in [2.24, 2.45) is 0 Å². The molecular weight excluding hydrogens is 262 g/mol. The molecule has 4 N–H and O–H groups in total. The molecule has 0 heterocycles. The van der Waals surface area contributed by atoms with Crippen LogP contribution < -0.4 is 10.9 Å². The van der Waals surface area contributed by atoms with Crippen LogP contribution in [0.2, 0.25) is 0 Å². The summed E-state index contributed by atoms with van der Waals surface area (Å²) in [7, 11) is -2.63. The molecule has 0 fully saturated rings. The summed E-state index contributed by atoms with van der Waals surface area (Å²) in [6.07, 6.45) is 0. The van der Waals surface area contributed by atoms with Crippen LogP contribution in [-0.2, 0) is 17.1 Å². The Labute approximate surface area is 111 Å². The maximum absolute atomic E-state index is 8.47. The molecule has 7 heteroatoms. The summed E-state index contributed by atoms with van der Waals surface area (Å²) in [5, 5.41) is 33.9. The van der Waals surface area contributed by atoms with Gasteiger partial charge in [0, 0.05) is 17.1 Å². The van der Waals surface area contributed by atoms with Gasteiger partial charge < -0.3 is 20.1 Å². The molecule has 2 aromatic carbocycles. The summed E-state index contributed by atoms with van der Waals surface area (Å²) in [4.78, 5) is 0. The fraction of sp³-hybridized carbons (Fsp3) is 0. The van der Waals surface area contributed by atoms with Crippen molar-refractivity contribution in [1.29, 1.82) is 0 Å². The average molecular weight is 274 g/mol. The molecule has 0 aromatic heterocycles. The van der Waals surface area contributed by atoms with E-state index in [1.54, 1.807) is 48.5 Å². The Hall–Kier alpha value is -0.811. The molecule has 0 unspecified atom stereocenters. The molecule has 2 rings (SSSR count). The molecule has 17 heavy (non-hydrogen) atoms. The molecule has 0 atom stereocenters. The first-order valence-electron chi connectivity index (χ1n) is 4.76. The fourth-order valence-electron chi connectivity index (χ4n) is 1.12. The number of rotatable bonds is 2. The van der Waals surface area contributed by atoms with Crippen molar-refractivity contribution in [2.75, 3.05) is 0 Å². The van der Waals surface area contributed by atoms with Crippen molar-refractivity contribution in [2.45, 2.75) is 0 Å². The third-order valence-corrected chi connectivity index (χ3v) is 1.97. The van der Waals surface area contributed by atoms with Gasteiger partial charge in [-0.05, 0) is 0 Å². The molecule has 0 radical (unpaired) electrons. The smallest absolute Gasteiger partial charge is 0.412 e. The van der Waals surface area contributed by atoms with Gasteiger partial charge in [-0.1, -0.05) is 0 Å². The minimum Gasteiger partial charge on any atom is -0.434 e. The molecular formula is C10H12B2FeO4-2. The van der Waals surface area contributed by atoms with Crippen LogP contribution in [0.15, 0.2) is 48.5 Å². The summed E-state index contributed by atoms with van der Waals surface area (Å²) in [6.45, 7) is 0. The van der Waals surface area contributed by atoms with Crippen molar-refractivity contribution in [3.63, 3.8) is 0 Å². The monoisotopic (exact) mass is 274 g/mol. The Morgan fingerprint density at radius 2 is 0.824 bits per heavy atom. The summed E-state index contributed by atoms with van der Waals surface area (Å²) in [5.41, 5.74) is 1.09. The predicted octanol–water partition coefficient (Wildman–Crippen LogP) is -1.83. The van der Waals surface area contributed by atoms with Crippen LogP contribution in [0.1, 0.15) is 0 Å². The van der Waals surface area contributed by atoms with Crippen LogP contribution in [0.3, 0.4) is 0 Å². The Bertz CT molecular complexity index is 335. The average Bonchev–Trinajstić information content (AvgIpc) is 2.93. The van der Waals surface area contributed by atoms with Crippen LogP contribution in [0.5, 0.6) is 0 Å². The second-order valence-corrected chi connectivity index (χ2v) is 3.18. The predicted molar refractivity (Wildman–Crippen MR) is 63.7 cm³/mol. The van der Waals surface area contributed by atoms with E-state index >= 15 is 0 Å². The maximum atomic E-state index is 8.47. The van der Waals surface area contributed by atoms with Crippen molar-refractivity contribution in [3.8, 4) is 0 Å². The van der Waals surface area contributed by atoms with Gasteiger partial charge in [0.05, 0.1) is 0 Å². The van der Waals surface area contributed by atoms with Gasteiger partial charge in [0.2, 0.25) is 0 Å². The molecule has 0 bridgehead atoms. The van der Waals surface area contributed by atoms with Crippen LogP contribution in [-0.4, -0.2) is 34.3 Å². The second-order valence-electron chi connectivity index (χ2n) is 3.18. The molecule has 2 aromatic rings. The summed E-state index contributed by atoms with van der Waals surface area (Å²) in [5.74, 6) is 0. The SMILES string of the molecule is OB(O)[c-]1cccc1.OB(O)[c-]1cccc1.[Fe]. The van der Waals surface area contributed by atoms with Crippen LogP contribution in [0, 0.1) is 0 Å². The minimum absolute atomic E-state index is 0. The van der Waals surface area contributed by atoms with E-state index in [2.05, 4.69) is 0 Å². The summed E-state index contributed by atoms with van der Waals surface area (Å²) < 4.78 is 0. The summed E-state index contributed by atoms with van der Waals surface area (Å²) >= 11 is 0. The molecule has 0 aliphatic carbocycles. The molecule has 92 valence electrons. The van der Waals surface area contributed by atoms with E-state index in [-0.39, 0.29) is 17.1 Å². The molecule has 0 aliphatic heterocycles. The van der Waals surface area contributed by atoms with Gasteiger partial charge in [0.15, 0.2) is 0 Å². The van der Waals surface area contributed by atoms with E-state index in [1.807, 2.05) is 0 Å². The van der Waals surface area contributed by atoms with E-state index in [0.717, 1.165) is 0 Å². The zero-order chi connectivity index (χ0) is 12.0. The van der Waals surface area contributed by atoms with Crippen LogP contribution >= 0.6 is 0 Å². The maximum Gasteiger partial charge on any atom is 0.412 e. The Morgan fingerprint density at radius 3 is 0.941 bits per heavy atom. The van der Waals surface area contributed by atoms with Gasteiger partial charge in [-0.15, -0.1) is 10.9 Å². The first-order valence-corrected chi connectivity index (χ1v) is 4.76. The van der Waals surface area contributed by atoms with Gasteiger partial charge in [0.25, 0.3) is 0 Å². The van der Waals surface area contributed by atoms with Gasteiger partial charge in [-0.2, -0.15) is 24.3 Å². The van der Waals surface area contributed by atoms with Crippen molar-refractivity contribution >= 4 is 25.2 Å². The first kappa shape index (κ1) is 16.2. The zero-order valence-corrected chi connectivity index (χ0v) is 10.0. The number of hydrogen-bond acceptors (Lipinski definition) is 4. The van der Waals surface area contributed by atoms with E-state index in [9.17, 15) is 0 Å². The Balaban J connectivity index is 0.000000284. The summed E-state index contributed by atoms with van der Waals surface area (Å²) in [6, 6.07) is 13.7. The van der Waals surface area contributed by atoms with E-state index in [1.165, 1.54) is 0 Å². The fourth-order valence-corrected chi connectivity index (χ4v) is 1.12. The molecule has 0 amide bonds. The Morgan fingerprint density at radius 1 is 0.588 bits per heavy atom. The van der Waals surface area contributed by atoms with E-state index in [0.29, 0.717) is 10.9 Å². The van der Waals surface area contributed by atoms with Gasteiger partial charge >= 0.3 is 14.2 Å². The third kappa shape index (κ3) is 5.89. The normalized spacial score (nSPS) is 8.71. The number of hydrogen-bond donors (Lipinski definition) is 4. The third-order valence-electron chi connectivity index (χ3n) is 1.97. The zero-order valence-electron chi connectivity index (χ0n) is 8.92. The van der Waals surface area contributed by atoms with Gasteiger partial charge in [0.1, 0.15) is 0 Å². The minimum atomic E-state index is -1.31. The van der Waals surface area contributed by atoms with Gasteiger partial charge in [-0.25, -0.2) is 24.3 Å². The molecule has 0 saturated carbocycles. The molecule has 0 spiro atoms. The van der Waals surface area contributed by atoms with Crippen LogP contribution in [0.4, 0.5) is 0 Å². The van der Waals surface area contributed by atoms with Crippen molar-refractivity contribution in [1.82, 2.24) is 0 Å². The largest absolute Gasteiger partial charge is 0.434 e. The van der Waals surface area contributed by atoms with Crippen LogP contribution in [0.25, 0.3) is 0 Å². The van der Waals surface area contributed by atoms with Crippen molar-refractivity contribution < 1.29 is 37.2 Å². The van der Waals surface area contributed by atoms with Crippen molar-refractivity contribution in [3.05, 3.63) is 48.5 Å². The second kappa shape index (κ2) is 8.31. The van der Waals surface area contributed by atoms with E-state index in [4.69, 9.17) is 20.1 Å². The topological polar surface area (TPSA) is 80.9 Å². The standard InChI is InChI=1S/2C5H6BO2.Fe/c2*7-6(8)5-3-1-2-4-5;/h2*1-4,7-8H;/q2*-1;. The molecule has 0 saturated heterocycles. The quantitative estimate of drug-likeness (QED) is 0.383. The van der Waals surface area contributed by atoms with E-state index < -0.39 is 14.2 Å². The molecule has 4 nitrogen and oxygen atoms in total. The first-order chi connectivity index (χ1) is 7.61. The van der Waals surface area contributed by atoms with Gasteiger partial charge in [-0.3, -0.25) is 0 Å².